The van der Waals surface area contributed by atoms with Crippen LogP contribution in [0.2, 0.25) is 0 Å². The Morgan fingerprint density at radius 3 is 2.08 bits per heavy atom. The highest BCUT2D eigenvalue weighted by atomic mass is 14.7. The fourth-order valence-electron chi connectivity index (χ4n) is 3.48. The summed E-state index contributed by atoms with van der Waals surface area (Å²) in [6.45, 7) is 0. The van der Waals surface area contributed by atoms with Gasteiger partial charge in [-0.2, -0.15) is 0 Å². The van der Waals surface area contributed by atoms with Crippen LogP contribution in [0.5, 0.6) is 0 Å². The quantitative estimate of drug-likeness (QED) is 0.336. The molecule has 0 bridgehead atoms. The number of aromatic nitrogens is 1. The average Bonchev–Trinajstić information content (AvgIpc) is 2.67. The van der Waals surface area contributed by atoms with Crippen molar-refractivity contribution in [3.05, 3.63) is 91.1 Å². The highest BCUT2D eigenvalue weighted by Gasteiger charge is 2.07. The van der Waals surface area contributed by atoms with Crippen LogP contribution in [0.25, 0.3) is 43.6 Å². The second-order valence-corrected chi connectivity index (χ2v) is 6.10. The van der Waals surface area contributed by atoms with Crippen molar-refractivity contribution in [2.75, 3.05) is 0 Å². The predicted molar refractivity (Wildman–Crippen MR) is 102 cm³/mol. The fraction of sp³-hybridized carbons (Fsp3) is 0. The van der Waals surface area contributed by atoms with E-state index in [0.717, 1.165) is 11.3 Å². The summed E-state index contributed by atoms with van der Waals surface area (Å²) in [5, 5.41) is 7.60. The van der Waals surface area contributed by atoms with Crippen LogP contribution >= 0.6 is 0 Å². The molecule has 0 atom stereocenters. The Kier molecular flexibility index (Phi) is 2.86. The molecule has 0 spiro atoms. The van der Waals surface area contributed by atoms with Crippen LogP contribution in [0.15, 0.2) is 91.1 Å². The fourth-order valence-corrected chi connectivity index (χ4v) is 3.48. The number of fused-ring (bicyclic) bond motifs is 5. The van der Waals surface area contributed by atoms with Gasteiger partial charge in [-0.25, -0.2) is 0 Å². The van der Waals surface area contributed by atoms with Gasteiger partial charge in [-0.1, -0.05) is 78.9 Å². The van der Waals surface area contributed by atoms with E-state index in [2.05, 4.69) is 83.8 Å². The Morgan fingerprint density at radius 1 is 0.500 bits per heavy atom. The van der Waals surface area contributed by atoms with Crippen molar-refractivity contribution in [2.45, 2.75) is 0 Å². The molecule has 0 unspecified atom stereocenters. The Hall–Kier alpha value is -3.19. The molecule has 0 saturated carbocycles. The molecular formula is C23H15N. The number of hydrogen-bond acceptors (Lipinski definition) is 1. The Balaban J connectivity index is 1.87. The van der Waals surface area contributed by atoms with Crippen molar-refractivity contribution in [1.29, 1.82) is 0 Å². The van der Waals surface area contributed by atoms with E-state index in [1.165, 1.54) is 32.3 Å². The maximum absolute atomic E-state index is 4.65. The first-order valence-electron chi connectivity index (χ1n) is 8.16. The van der Waals surface area contributed by atoms with E-state index in [9.17, 15) is 0 Å². The summed E-state index contributed by atoms with van der Waals surface area (Å²) in [6.07, 6.45) is 1.98. The largest absolute Gasteiger partial charge is 0.256 e. The normalized spacial score (nSPS) is 11.3. The molecular weight excluding hydrogens is 290 g/mol. The van der Waals surface area contributed by atoms with Gasteiger partial charge in [-0.3, -0.25) is 4.98 Å². The number of pyridine rings is 1. The third kappa shape index (κ3) is 1.99. The zero-order valence-corrected chi connectivity index (χ0v) is 13.1. The molecule has 24 heavy (non-hydrogen) atoms. The summed E-state index contributed by atoms with van der Waals surface area (Å²) in [4.78, 5) is 4.65. The monoisotopic (exact) mass is 305 g/mol. The Labute approximate surface area is 140 Å². The molecule has 4 aromatic carbocycles. The molecule has 0 fully saturated rings. The highest BCUT2D eigenvalue weighted by Crippen LogP contribution is 2.32. The van der Waals surface area contributed by atoms with Crippen LogP contribution in [-0.4, -0.2) is 4.98 Å². The summed E-state index contributed by atoms with van der Waals surface area (Å²) < 4.78 is 0. The van der Waals surface area contributed by atoms with E-state index in [0.29, 0.717) is 0 Å². The van der Waals surface area contributed by atoms with Gasteiger partial charge in [0, 0.05) is 17.1 Å². The molecule has 0 aliphatic carbocycles. The molecule has 0 saturated heterocycles. The van der Waals surface area contributed by atoms with Gasteiger partial charge in [-0.05, 0) is 33.0 Å². The van der Waals surface area contributed by atoms with Gasteiger partial charge in [0.1, 0.15) is 0 Å². The number of hydrogen-bond donors (Lipinski definition) is 0. The molecule has 1 nitrogen and oxygen atoms in total. The lowest BCUT2D eigenvalue weighted by Crippen LogP contribution is -1.86. The molecule has 0 radical (unpaired) electrons. The van der Waals surface area contributed by atoms with E-state index in [-0.39, 0.29) is 0 Å². The number of rotatable bonds is 1. The summed E-state index contributed by atoms with van der Waals surface area (Å²) in [6, 6.07) is 29.9. The minimum Gasteiger partial charge on any atom is -0.256 e. The van der Waals surface area contributed by atoms with E-state index >= 15 is 0 Å². The third-order valence-corrected chi connectivity index (χ3v) is 4.69. The van der Waals surface area contributed by atoms with Gasteiger partial charge in [0.2, 0.25) is 0 Å². The minimum absolute atomic E-state index is 1.02. The van der Waals surface area contributed by atoms with Crippen molar-refractivity contribution < 1.29 is 0 Å². The lowest BCUT2D eigenvalue weighted by atomic mass is 9.97. The standard InChI is InChI=1S/C23H15N/c1-2-7-17(8-3-1)23-14-22-18(15-24-23)11-13-20-19-9-5-4-6-16(19)10-12-21(20)22/h1-15H. The molecule has 5 aromatic rings. The Morgan fingerprint density at radius 2 is 1.21 bits per heavy atom. The third-order valence-electron chi connectivity index (χ3n) is 4.69. The first-order chi connectivity index (χ1) is 11.9. The van der Waals surface area contributed by atoms with Gasteiger partial charge in [-0.15, -0.1) is 0 Å². The summed E-state index contributed by atoms with van der Waals surface area (Å²) in [5.74, 6) is 0. The highest BCUT2D eigenvalue weighted by molar-refractivity contribution is 6.17. The molecule has 1 heterocycles. The van der Waals surface area contributed by atoms with Crippen LogP contribution in [0, 0.1) is 0 Å². The predicted octanol–water partition coefficient (Wildman–Crippen LogP) is 6.21. The van der Waals surface area contributed by atoms with E-state index in [4.69, 9.17) is 0 Å². The summed E-state index contributed by atoms with van der Waals surface area (Å²) in [7, 11) is 0. The van der Waals surface area contributed by atoms with Gasteiger partial charge < -0.3 is 0 Å². The van der Waals surface area contributed by atoms with Crippen LogP contribution < -0.4 is 0 Å². The molecule has 1 heteroatoms. The van der Waals surface area contributed by atoms with Crippen molar-refractivity contribution in [3.63, 3.8) is 0 Å². The van der Waals surface area contributed by atoms with Crippen molar-refractivity contribution in [1.82, 2.24) is 4.98 Å². The lowest BCUT2D eigenvalue weighted by molar-refractivity contribution is 1.36. The molecule has 0 amide bonds. The van der Waals surface area contributed by atoms with Crippen molar-refractivity contribution in [2.24, 2.45) is 0 Å². The first kappa shape index (κ1) is 13.3. The zero-order valence-electron chi connectivity index (χ0n) is 13.1. The van der Waals surface area contributed by atoms with Crippen LogP contribution in [0.4, 0.5) is 0 Å². The maximum Gasteiger partial charge on any atom is 0.0708 e. The van der Waals surface area contributed by atoms with E-state index < -0.39 is 0 Å². The lowest BCUT2D eigenvalue weighted by Gasteiger charge is -2.09. The Bertz CT molecular complexity index is 1190. The minimum atomic E-state index is 1.02. The summed E-state index contributed by atoms with van der Waals surface area (Å²) in [5.41, 5.74) is 2.17. The van der Waals surface area contributed by atoms with Crippen molar-refractivity contribution in [3.8, 4) is 11.3 Å². The molecule has 112 valence electrons. The molecule has 5 rings (SSSR count). The number of nitrogens with zero attached hydrogens (tertiary/aromatic N) is 1. The van der Waals surface area contributed by atoms with Crippen LogP contribution in [0.3, 0.4) is 0 Å². The van der Waals surface area contributed by atoms with Gasteiger partial charge in [0.25, 0.3) is 0 Å². The number of benzene rings is 4. The molecule has 0 aliphatic rings. The van der Waals surface area contributed by atoms with Gasteiger partial charge in [0.05, 0.1) is 5.69 Å². The van der Waals surface area contributed by atoms with Crippen LogP contribution in [0.1, 0.15) is 0 Å². The molecule has 1 aromatic heterocycles. The topological polar surface area (TPSA) is 12.9 Å². The average molecular weight is 305 g/mol. The zero-order chi connectivity index (χ0) is 15.9. The first-order valence-corrected chi connectivity index (χ1v) is 8.16. The second kappa shape index (κ2) is 5.17. The molecule has 0 aliphatic heterocycles. The SMILES string of the molecule is c1ccc(-c2cc3c(ccc4c5ccccc5ccc34)cn2)cc1. The molecule has 0 N–H and O–H groups in total. The van der Waals surface area contributed by atoms with E-state index in [1.807, 2.05) is 12.3 Å². The maximum atomic E-state index is 4.65. The van der Waals surface area contributed by atoms with Crippen molar-refractivity contribution >= 4 is 32.3 Å². The van der Waals surface area contributed by atoms with E-state index in [1.54, 1.807) is 0 Å². The van der Waals surface area contributed by atoms with Crippen LogP contribution in [-0.2, 0) is 0 Å². The van der Waals surface area contributed by atoms with Gasteiger partial charge >= 0.3 is 0 Å². The second-order valence-electron chi connectivity index (χ2n) is 6.10. The summed E-state index contributed by atoms with van der Waals surface area (Å²) >= 11 is 0. The smallest absolute Gasteiger partial charge is 0.0708 e. The van der Waals surface area contributed by atoms with Gasteiger partial charge in [0.15, 0.2) is 0 Å².